The van der Waals surface area contributed by atoms with Crippen LogP contribution < -0.4 is 5.32 Å². The zero-order chi connectivity index (χ0) is 10.7. The van der Waals surface area contributed by atoms with Crippen molar-refractivity contribution in [1.29, 1.82) is 0 Å². The zero-order valence-corrected chi connectivity index (χ0v) is 9.02. The molecule has 0 spiro atoms. The van der Waals surface area contributed by atoms with Crippen molar-refractivity contribution in [2.24, 2.45) is 0 Å². The summed E-state index contributed by atoms with van der Waals surface area (Å²) in [6.45, 7) is 7.43. The van der Waals surface area contributed by atoms with E-state index in [0.717, 1.165) is 25.5 Å². The van der Waals surface area contributed by atoms with Crippen molar-refractivity contribution >= 4 is 5.95 Å². The van der Waals surface area contributed by atoms with Gasteiger partial charge in [0, 0.05) is 25.5 Å². The molecule has 0 saturated carbocycles. The fraction of sp³-hybridized carbons (Fsp3) is 0.545. The summed E-state index contributed by atoms with van der Waals surface area (Å²) in [6, 6.07) is 0.371. The Labute approximate surface area is 90.0 Å². The van der Waals surface area contributed by atoms with Crippen molar-refractivity contribution in [2.45, 2.75) is 32.0 Å². The molecular weight excluding hydrogens is 190 g/mol. The standard InChI is InChI=1S/C11H17N3O/c1-3-6-14-7-5-12-11(14)13-10-4-8-15-9(10)2/h3,5,7,9-10H,1,4,6,8H2,2H3,(H,12,13). The van der Waals surface area contributed by atoms with Crippen molar-refractivity contribution in [2.75, 3.05) is 11.9 Å². The quantitative estimate of drug-likeness (QED) is 0.763. The first kappa shape index (κ1) is 10.2. The van der Waals surface area contributed by atoms with Crippen LogP contribution in [0.3, 0.4) is 0 Å². The van der Waals surface area contributed by atoms with Crippen LogP contribution in [0.5, 0.6) is 0 Å². The first-order chi connectivity index (χ1) is 7.31. The first-order valence-electron chi connectivity index (χ1n) is 5.31. The Balaban J connectivity index is 2.03. The fourth-order valence-corrected chi connectivity index (χ4v) is 1.82. The molecule has 4 nitrogen and oxygen atoms in total. The molecule has 0 aromatic carbocycles. The molecule has 1 aromatic heterocycles. The molecule has 82 valence electrons. The van der Waals surface area contributed by atoms with Gasteiger partial charge in [-0.1, -0.05) is 6.08 Å². The third kappa shape index (κ3) is 2.21. The summed E-state index contributed by atoms with van der Waals surface area (Å²) < 4.78 is 7.53. The Morgan fingerprint density at radius 2 is 2.67 bits per heavy atom. The van der Waals surface area contributed by atoms with Gasteiger partial charge in [-0.05, 0) is 13.3 Å². The number of anilines is 1. The lowest BCUT2D eigenvalue weighted by atomic mass is 10.2. The van der Waals surface area contributed by atoms with Crippen molar-refractivity contribution in [3.05, 3.63) is 25.0 Å². The predicted molar refractivity (Wildman–Crippen MR) is 59.9 cm³/mol. The van der Waals surface area contributed by atoms with Crippen molar-refractivity contribution < 1.29 is 4.74 Å². The topological polar surface area (TPSA) is 39.1 Å². The van der Waals surface area contributed by atoms with Crippen LogP contribution in [-0.4, -0.2) is 28.3 Å². The smallest absolute Gasteiger partial charge is 0.203 e. The monoisotopic (exact) mass is 207 g/mol. The lowest BCUT2D eigenvalue weighted by Gasteiger charge is -2.17. The molecule has 2 heterocycles. The number of hydrogen-bond acceptors (Lipinski definition) is 3. The molecule has 2 unspecified atom stereocenters. The van der Waals surface area contributed by atoms with E-state index in [1.165, 1.54) is 0 Å². The van der Waals surface area contributed by atoms with Gasteiger partial charge in [-0.2, -0.15) is 0 Å². The van der Waals surface area contributed by atoms with E-state index in [0.29, 0.717) is 6.04 Å². The average Bonchev–Trinajstić information content (AvgIpc) is 2.80. The maximum absolute atomic E-state index is 5.49. The van der Waals surface area contributed by atoms with Gasteiger partial charge in [0.25, 0.3) is 0 Å². The van der Waals surface area contributed by atoms with Crippen LogP contribution in [0.15, 0.2) is 25.0 Å². The van der Waals surface area contributed by atoms with Gasteiger partial charge in [0.2, 0.25) is 5.95 Å². The highest BCUT2D eigenvalue weighted by atomic mass is 16.5. The summed E-state index contributed by atoms with van der Waals surface area (Å²) in [7, 11) is 0. The normalized spacial score (nSPS) is 25.4. The number of allylic oxidation sites excluding steroid dienone is 1. The van der Waals surface area contributed by atoms with Gasteiger partial charge in [-0.15, -0.1) is 6.58 Å². The number of ether oxygens (including phenoxy) is 1. The molecule has 0 radical (unpaired) electrons. The second-order valence-corrected chi connectivity index (χ2v) is 3.81. The summed E-state index contributed by atoms with van der Waals surface area (Å²) in [4.78, 5) is 4.28. The van der Waals surface area contributed by atoms with Crippen LogP contribution in [0.4, 0.5) is 5.95 Å². The molecule has 1 aliphatic rings. The van der Waals surface area contributed by atoms with E-state index in [1.807, 2.05) is 16.8 Å². The Morgan fingerprint density at radius 3 is 3.33 bits per heavy atom. The molecule has 15 heavy (non-hydrogen) atoms. The summed E-state index contributed by atoms with van der Waals surface area (Å²) >= 11 is 0. The van der Waals surface area contributed by atoms with Gasteiger partial charge < -0.3 is 14.6 Å². The molecule has 1 aromatic rings. The van der Waals surface area contributed by atoms with Crippen LogP contribution in [-0.2, 0) is 11.3 Å². The fourth-order valence-electron chi connectivity index (χ4n) is 1.82. The van der Waals surface area contributed by atoms with Crippen molar-refractivity contribution in [3.8, 4) is 0 Å². The molecule has 0 amide bonds. The van der Waals surface area contributed by atoms with E-state index in [4.69, 9.17) is 4.74 Å². The molecular formula is C11H17N3O. The van der Waals surface area contributed by atoms with Gasteiger partial charge >= 0.3 is 0 Å². The number of rotatable bonds is 4. The summed E-state index contributed by atoms with van der Waals surface area (Å²) in [5.74, 6) is 0.900. The number of imidazole rings is 1. The third-order valence-corrected chi connectivity index (χ3v) is 2.73. The third-order valence-electron chi connectivity index (χ3n) is 2.73. The Hall–Kier alpha value is -1.29. The average molecular weight is 207 g/mol. The SMILES string of the molecule is C=CCn1ccnc1NC1CCOC1C. The van der Waals surface area contributed by atoms with Gasteiger partial charge in [0.1, 0.15) is 0 Å². The highest BCUT2D eigenvalue weighted by Gasteiger charge is 2.24. The molecule has 4 heteroatoms. The minimum absolute atomic E-state index is 0.263. The lowest BCUT2D eigenvalue weighted by Crippen LogP contribution is -2.28. The summed E-state index contributed by atoms with van der Waals surface area (Å²) in [5, 5.41) is 3.40. The number of aromatic nitrogens is 2. The number of hydrogen-bond donors (Lipinski definition) is 1. The van der Waals surface area contributed by atoms with Gasteiger partial charge in [-0.25, -0.2) is 4.98 Å². The molecule has 2 atom stereocenters. The van der Waals surface area contributed by atoms with Crippen LogP contribution in [0.1, 0.15) is 13.3 Å². The largest absolute Gasteiger partial charge is 0.376 e. The van der Waals surface area contributed by atoms with Gasteiger partial charge in [0.05, 0.1) is 12.1 Å². The van der Waals surface area contributed by atoms with Crippen molar-refractivity contribution in [1.82, 2.24) is 9.55 Å². The highest BCUT2D eigenvalue weighted by molar-refractivity contribution is 5.28. The van der Waals surface area contributed by atoms with Crippen LogP contribution in [0.25, 0.3) is 0 Å². The maximum atomic E-state index is 5.49. The van der Waals surface area contributed by atoms with E-state index in [9.17, 15) is 0 Å². The van der Waals surface area contributed by atoms with E-state index >= 15 is 0 Å². The van der Waals surface area contributed by atoms with Gasteiger partial charge in [-0.3, -0.25) is 0 Å². The van der Waals surface area contributed by atoms with E-state index < -0.39 is 0 Å². The molecule has 1 aliphatic heterocycles. The first-order valence-corrected chi connectivity index (χ1v) is 5.31. The minimum atomic E-state index is 0.263. The maximum Gasteiger partial charge on any atom is 0.203 e. The van der Waals surface area contributed by atoms with E-state index in [2.05, 4.69) is 23.8 Å². The lowest BCUT2D eigenvalue weighted by molar-refractivity contribution is 0.121. The van der Waals surface area contributed by atoms with Crippen LogP contribution in [0, 0.1) is 0 Å². The Bertz CT molecular complexity index is 334. The second-order valence-electron chi connectivity index (χ2n) is 3.81. The van der Waals surface area contributed by atoms with E-state index in [-0.39, 0.29) is 6.10 Å². The van der Waals surface area contributed by atoms with Crippen LogP contribution >= 0.6 is 0 Å². The predicted octanol–water partition coefficient (Wildman–Crippen LogP) is 1.66. The number of nitrogens with one attached hydrogen (secondary N) is 1. The Morgan fingerprint density at radius 1 is 1.80 bits per heavy atom. The molecule has 1 N–H and O–H groups in total. The van der Waals surface area contributed by atoms with Gasteiger partial charge in [0.15, 0.2) is 0 Å². The summed E-state index contributed by atoms with van der Waals surface area (Å²) in [5.41, 5.74) is 0. The highest BCUT2D eigenvalue weighted by Crippen LogP contribution is 2.17. The minimum Gasteiger partial charge on any atom is -0.376 e. The van der Waals surface area contributed by atoms with Crippen molar-refractivity contribution in [3.63, 3.8) is 0 Å². The Kier molecular flexibility index (Phi) is 3.06. The molecule has 0 aliphatic carbocycles. The van der Waals surface area contributed by atoms with Crippen LogP contribution in [0.2, 0.25) is 0 Å². The second kappa shape index (κ2) is 4.49. The molecule has 2 rings (SSSR count). The molecule has 0 bridgehead atoms. The molecule has 1 saturated heterocycles. The van der Waals surface area contributed by atoms with E-state index in [1.54, 1.807) is 6.20 Å². The summed E-state index contributed by atoms with van der Waals surface area (Å²) in [6.07, 6.45) is 6.92. The zero-order valence-electron chi connectivity index (χ0n) is 9.02. The number of nitrogens with zero attached hydrogens (tertiary/aromatic N) is 2. The molecule has 1 fully saturated rings.